The number of aliphatic carboxylic acids is 1. The van der Waals surface area contributed by atoms with Gasteiger partial charge in [0.05, 0.1) is 5.41 Å². The van der Waals surface area contributed by atoms with Crippen LogP contribution in [0.5, 0.6) is 0 Å². The third kappa shape index (κ3) is 3.61. The van der Waals surface area contributed by atoms with E-state index in [-0.39, 0.29) is 0 Å². The molecule has 0 spiro atoms. The fourth-order valence-corrected chi connectivity index (χ4v) is 4.34. The van der Waals surface area contributed by atoms with Gasteiger partial charge in [-0.15, -0.1) is 0 Å². The maximum atomic E-state index is 11.5. The number of piperidine rings is 1. The van der Waals surface area contributed by atoms with E-state index in [2.05, 4.69) is 25.7 Å². The number of carboxylic acid groups (broad SMARTS) is 1. The molecule has 0 bridgehead atoms. The molecule has 1 aliphatic heterocycles. The average molecular weight is 295 g/mol. The molecule has 2 fully saturated rings. The van der Waals surface area contributed by atoms with Gasteiger partial charge in [0.1, 0.15) is 0 Å². The van der Waals surface area contributed by atoms with Gasteiger partial charge in [-0.25, -0.2) is 0 Å². The molecule has 0 atom stereocenters. The summed E-state index contributed by atoms with van der Waals surface area (Å²) in [5.41, 5.74) is -0.00729. The maximum absolute atomic E-state index is 11.5. The summed E-state index contributed by atoms with van der Waals surface area (Å²) < 4.78 is 0. The molecule has 122 valence electrons. The molecule has 1 aliphatic carbocycles. The van der Waals surface area contributed by atoms with Gasteiger partial charge in [-0.3, -0.25) is 4.79 Å². The summed E-state index contributed by atoms with van der Waals surface area (Å²) in [6.45, 7) is 11.1. The lowest BCUT2D eigenvalue weighted by Crippen LogP contribution is -2.49. The van der Waals surface area contributed by atoms with E-state index in [1.165, 1.54) is 25.7 Å². The molecule has 2 rings (SSSR count). The van der Waals surface area contributed by atoms with Gasteiger partial charge in [-0.1, -0.05) is 27.7 Å². The minimum atomic E-state index is -0.582. The SMILES string of the molecule is CCC1(C(=O)O)CCN(C2CCC(C(C)(C)C)CC2)CC1. The van der Waals surface area contributed by atoms with Crippen LogP contribution in [0.25, 0.3) is 0 Å². The van der Waals surface area contributed by atoms with Gasteiger partial charge in [0.25, 0.3) is 0 Å². The van der Waals surface area contributed by atoms with Crippen LogP contribution >= 0.6 is 0 Å². The first-order chi connectivity index (χ1) is 9.78. The van der Waals surface area contributed by atoms with Gasteiger partial charge in [0.15, 0.2) is 0 Å². The Balaban J connectivity index is 1.86. The number of likely N-dealkylation sites (tertiary alicyclic amines) is 1. The van der Waals surface area contributed by atoms with E-state index >= 15 is 0 Å². The number of carbonyl (C=O) groups is 1. The quantitative estimate of drug-likeness (QED) is 0.849. The first-order valence-electron chi connectivity index (χ1n) is 8.76. The monoisotopic (exact) mass is 295 g/mol. The molecule has 1 saturated carbocycles. The first kappa shape index (κ1) is 16.8. The van der Waals surface area contributed by atoms with Crippen molar-refractivity contribution in [2.45, 2.75) is 78.7 Å². The highest BCUT2D eigenvalue weighted by molar-refractivity contribution is 5.74. The smallest absolute Gasteiger partial charge is 0.309 e. The normalized spacial score (nSPS) is 31.0. The van der Waals surface area contributed by atoms with Crippen LogP contribution in [0.15, 0.2) is 0 Å². The minimum Gasteiger partial charge on any atom is -0.481 e. The van der Waals surface area contributed by atoms with E-state index in [1.807, 2.05) is 6.92 Å². The Morgan fingerprint density at radius 3 is 2.05 bits per heavy atom. The van der Waals surface area contributed by atoms with Crippen LogP contribution in [0.3, 0.4) is 0 Å². The molecule has 0 aromatic carbocycles. The topological polar surface area (TPSA) is 40.5 Å². The van der Waals surface area contributed by atoms with Crippen molar-refractivity contribution < 1.29 is 9.90 Å². The summed E-state index contributed by atoms with van der Waals surface area (Å²) in [7, 11) is 0. The van der Waals surface area contributed by atoms with Crippen molar-refractivity contribution in [1.82, 2.24) is 4.90 Å². The number of nitrogens with zero attached hydrogens (tertiary/aromatic N) is 1. The van der Waals surface area contributed by atoms with Gasteiger partial charge < -0.3 is 10.0 Å². The molecule has 1 N–H and O–H groups in total. The Kier molecular flexibility index (Phi) is 5.02. The Morgan fingerprint density at radius 1 is 1.14 bits per heavy atom. The minimum absolute atomic E-state index is 0.438. The Bertz CT molecular complexity index is 356. The predicted octanol–water partition coefficient (Wildman–Crippen LogP) is 4.17. The number of carboxylic acids is 1. The standard InChI is InChI=1S/C18H33NO2/c1-5-18(16(20)21)10-12-19(13-11-18)15-8-6-14(7-9-15)17(2,3)4/h14-15H,5-13H2,1-4H3,(H,20,21). The molecule has 0 radical (unpaired) electrons. The summed E-state index contributed by atoms with van der Waals surface area (Å²) in [6, 6.07) is 0.701. The van der Waals surface area contributed by atoms with Crippen molar-refractivity contribution in [2.24, 2.45) is 16.7 Å². The highest BCUT2D eigenvalue weighted by Gasteiger charge is 2.41. The lowest BCUT2D eigenvalue weighted by Gasteiger charge is -2.45. The second-order valence-electron chi connectivity index (χ2n) is 8.35. The zero-order chi connectivity index (χ0) is 15.7. The van der Waals surface area contributed by atoms with Crippen LogP contribution in [0.4, 0.5) is 0 Å². The van der Waals surface area contributed by atoms with E-state index in [9.17, 15) is 9.90 Å². The molecule has 0 aromatic heterocycles. The van der Waals surface area contributed by atoms with Crippen molar-refractivity contribution in [3.05, 3.63) is 0 Å². The molecule has 2 aliphatic rings. The van der Waals surface area contributed by atoms with Crippen molar-refractivity contribution in [3.8, 4) is 0 Å². The molecular weight excluding hydrogens is 262 g/mol. The Hall–Kier alpha value is -0.570. The lowest BCUT2D eigenvalue weighted by molar-refractivity contribution is -0.153. The van der Waals surface area contributed by atoms with Crippen LogP contribution in [0, 0.1) is 16.7 Å². The zero-order valence-electron chi connectivity index (χ0n) is 14.3. The highest BCUT2D eigenvalue weighted by Crippen LogP contribution is 2.41. The van der Waals surface area contributed by atoms with E-state index in [1.54, 1.807) is 0 Å². The Morgan fingerprint density at radius 2 is 1.67 bits per heavy atom. The molecule has 0 aromatic rings. The van der Waals surface area contributed by atoms with Crippen molar-refractivity contribution in [1.29, 1.82) is 0 Å². The molecular formula is C18H33NO2. The van der Waals surface area contributed by atoms with E-state index in [0.717, 1.165) is 38.3 Å². The van der Waals surface area contributed by atoms with Crippen molar-refractivity contribution in [3.63, 3.8) is 0 Å². The van der Waals surface area contributed by atoms with Crippen LogP contribution in [0.1, 0.15) is 72.6 Å². The van der Waals surface area contributed by atoms with Gasteiger partial charge in [0, 0.05) is 6.04 Å². The van der Waals surface area contributed by atoms with Crippen LogP contribution in [0.2, 0.25) is 0 Å². The predicted molar refractivity (Wildman–Crippen MR) is 86.4 cm³/mol. The highest BCUT2D eigenvalue weighted by atomic mass is 16.4. The van der Waals surface area contributed by atoms with Gasteiger partial charge in [0.2, 0.25) is 0 Å². The molecule has 1 heterocycles. The molecule has 3 nitrogen and oxygen atoms in total. The fraction of sp³-hybridized carbons (Fsp3) is 0.944. The van der Waals surface area contributed by atoms with Crippen LogP contribution in [-0.2, 0) is 4.79 Å². The van der Waals surface area contributed by atoms with Crippen molar-refractivity contribution >= 4 is 5.97 Å². The summed E-state index contributed by atoms with van der Waals surface area (Å²) >= 11 is 0. The first-order valence-corrected chi connectivity index (χ1v) is 8.76. The summed E-state index contributed by atoms with van der Waals surface area (Å²) in [5.74, 6) is 0.272. The second kappa shape index (κ2) is 6.28. The third-order valence-corrected chi connectivity index (χ3v) is 6.32. The van der Waals surface area contributed by atoms with E-state index < -0.39 is 11.4 Å². The van der Waals surface area contributed by atoms with Crippen LogP contribution < -0.4 is 0 Å². The number of hydrogen-bond acceptors (Lipinski definition) is 2. The lowest BCUT2D eigenvalue weighted by atomic mass is 9.70. The van der Waals surface area contributed by atoms with Gasteiger partial charge in [-0.2, -0.15) is 0 Å². The summed E-state index contributed by atoms with van der Waals surface area (Å²) in [5, 5.41) is 9.49. The van der Waals surface area contributed by atoms with E-state index in [4.69, 9.17) is 0 Å². The molecule has 1 saturated heterocycles. The maximum Gasteiger partial charge on any atom is 0.309 e. The summed E-state index contributed by atoms with van der Waals surface area (Å²) in [6.07, 6.45) is 7.70. The van der Waals surface area contributed by atoms with Crippen molar-refractivity contribution in [2.75, 3.05) is 13.1 Å². The molecule has 0 unspecified atom stereocenters. The van der Waals surface area contributed by atoms with E-state index in [0.29, 0.717) is 11.5 Å². The van der Waals surface area contributed by atoms with Gasteiger partial charge in [-0.05, 0) is 69.4 Å². The second-order valence-corrected chi connectivity index (χ2v) is 8.35. The van der Waals surface area contributed by atoms with Crippen LogP contribution in [-0.4, -0.2) is 35.1 Å². The molecule has 3 heteroatoms. The largest absolute Gasteiger partial charge is 0.481 e. The van der Waals surface area contributed by atoms with Gasteiger partial charge >= 0.3 is 5.97 Å². The Labute approximate surface area is 130 Å². The summed E-state index contributed by atoms with van der Waals surface area (Å²) in [4.78, 5) is 14.1. The third-order valence-electron chi connectivity index (χ3n) is 6.32. The fourth-order valence-electron chi connectivity index (χ4n) is 4.34. The number of hydrogen-bond donors (Lipinski definition) is 1. The average Bonchev–Trinajstić information content (AvgIpc) is 2.46. The molecule has 21 heavy (non-hydrogen) atoms. The number of rotatable bonds is 3. The molecule has 0 amide bonds. The zero-order valence-corrected chi connectivity index (χ0v) is 14.3.